The van der Waals surface area contributed by atoms with Gasteiger partial charge in [0.25, 0.3) is 5.91 Å². The van der Waals surface area contributed by atoms with E-state index in [-0.39, 0.29) is 27.0 Å². The fraction of sp³-hybridized carbons (Fsp3) is 0.630. The molecule has 1 saturated carbocycles. The number of amides is 1. The second-order valence-corrected chi connectivity index (χ2v) is 17.2. The average molecular weight is 598 g/mol. The van der Waals surface area contributed by atoms with Crippen LogP contribution in [0.5, 0.6) is 0 Å². The minimum Gasteiger partial charge on any atom is -0.386 e. The van der Waals surface area contributed by atoms with Gasteiger partial charge in [-0.2, -0.15) is 0 Å². The van der Waals surface area contributed by atoms with E-state index >= 15 is 0 Å². The monoisotopic (exact) mass is 597 g/mol. The van der Waals surface area contributed by atoms with Crippen LogP contribution in [0.25, 0.3) is 10.4 Å². The van der Waals surface area contributed by atoms with Crippen LogP contribution in [-0.4, -0.2) is 55.9 Å². The summed E-state index contributed by atoms with van der Waals surface area (Å²) in [4.78, 5) is 18.5. The van der Waals surface area contributed by atoms with E-state index in [4.69, 9.17) is 4.98 Å². The number of carbonyl (C=O) groups excluding carboxylic acids is 1. The Morgan fingerprint density at radius 3 is 2.31 bits per heavy atom. The van der Waals surface area contributed by atoms with Crippen LogP contribution in [0.15, 0.2) is 23.1 Å². The largest absolute Gasteiger partial charge is 0.386 e. The van der Waals surface area contributed by atoms with Gasteiger partial charge in [-0.15, -0.1) is 11.3 Å². The molecule has 12 heteroatoms. The van der Waals surface area contributed by atoms with Gasteiger partial charge < -0.3 is 10.4 Å². The summed E-state index contributed by atoms with van der Waals surface area (Å²) >= 11 is 1.21. The molecule has 2 heterocycles. The quantitative estimate of drug-likeness (QED) is 0.421. The number of nitrogens with zero attached hydrogens (tertiary/aromatic N) is 1. The second-order valence-electron chi connectivity index (χ2n) is 12.4. The molecule has 39 heavy (non-hydrogen) atoms. The maximum Gasteiger partial charge on any atom is 0.280 e. The van der Waals surface area contributed by atoms with Gasteiger partial charge in [-0.1, -0.05) is 38.2 Å². The Kier molecular flexibility index (Phi) is 8.37. The van der Waals surface area contributed by atoms with Gasteiger partial charge in [0.15, 0.2) is 14.8 Å². The molecule has 0 bridgehead atoms. The zero-order valence-electron chi connectivity index (χ0n) is 23.2. The summed E-state index contributed by atoms with van der Waals surface area (Å²) in [7, 11) is -7.01. The van der Waals surface area contributed by atoms with Gasteiger partial charge in [0.2, 0.25) is 10.0 Å². The lowest BCUT2D eigenvalue weighted by molar-refractivity contribution is 0.0755. The fourth-order valence-electron chi connectivity index (χ4n) is 5.21. The minimum absolute atomic E-state index is 0.00354. The normalized spacial score (nSPS) is 19.0. The number of hydrogen-bond acceptors (Lipinski definition) is 8. The van der Waals surface area contributed by atoms with E-state index < -0.39 is 42.9 Å². The van der Waals surface area contributed by atoms with Crippen LogP contribution in [-0.2, 0) is 31.9 Å². The first-order chi connectivity index (χ1) is 17.9. The average Bonchev–Trinajstić information content (AvgIpc) is 3.20. The van der Waals surface area contributed by atoms with Crippen LogP contribution in [0.4, 0.5) is 0 Å². The molecular weight excluding hydrogens is 559 g/mol. The van der Waals surface area contributed by atoms with E-state index in [0.29, 0.717) is 17.9 Å². The number of rotatable bonds is 8. The van der Waals surface area contributed by atoms with E-state index in [1.54, 1.807) is 46.8 Å². The van der Waals surface area contributed by atoms with Gasteiger partial charge in [-0.05, 0) is 64.7 Å². The molecule has 2 aliphatic rings. The molecule has 4 rings (SSSR count). The van der Waals surface area contributed by atoms with Crippen molar-refractivity contribution in [3.8, 4) is 10.4 Å². The second kappa shape index (κ2) is 10.8. The molecule has 0 radical (unpaired) electrons. The van der Waals surface area contributed by atoms with Crippen LogP contribution < -0.4 is 10.0 Å². The zero-order valence-corrected chi connectivity index (χ0v) is 25.7. The number of nitrogens with one attached hydrogen (secondary N) is 2. The molecule has 1 aromatic heterocycles. The Morgan fingerprint density at radius 2 is 1.74 bits per heavy atom. The Balaban J connectivity index is 1.74. The standard InChI is InChI=1S/C27H39N3O6S3/c1-26(2,3)30-39(35,36)22-12-11-18(14-20(22)27(4,5)32)23-21(13-17-9-7-6-8-10-17)29-25(37-23)24(31)28-19-15-38(33,34)16-19/h11-12,14,17,19,30,32H,6-10,13,15-16H2,1-5H3,(H,28,31). The molecule has 0 atom stereocenters. The summed E-state index contributed by atoms with van der Waals surface area (Å²) < 4.78 is 52.2. The smallest absolute Gasteiger partial charge is 0.280 e. The summed E-state index contributed by atoms with van der Waals surface area (Å²) in [5.41, 5.74) is -0.470. The Labute approximate surface area is 235 Å². The summed E-state index contributed by atoms with van der Waals surface area (Å²) in [6, 6.07) is 4.46. The first-order valence-corrected chi connectivity index (χ1v) is 17.5. The van der Waals surface area contributed by atoms with Crippen molar-refractivity contribution in [2.75, 3.05) is 11.5 Å². The molecule has 0 spiro atoms. The number of aromatic nitrogens is 1. The number of hydrogen-bond donors (Lipinski definition) is 3. The lowest BCUT2D eigenvalue weighted by Gasteiger charge is -2.26. The number of aliphatic hydroxyl groups is 1. The molecule has 1 aliphatic heterocycles. The summed E-state index contributed by atoms with van der Waals surface area (Å²) in [6.45, 7) is 8.35. The third kappa shape index (κ3) is 7.46. The van der Waals surface area contributed by atoms with Gasteiger partial charge in [-0.3, -0.25) is 4.79 Å². The summed E-state index contributed by atoms with van der Waals surface area (Å²) in [5, 5.41) is 14.0. The Bertz CT molecular complexity index is 1430. The number of sulfonamides is 1. The van der Waals surface area contributed by atoms with Crippen molar-refractivity contribution in [3.05, 3.63) is 34.5 Å². The van der Waals surface area contributed by atoms with Crippen molar-refractivity contribution in [2.24, 2.45) is 5.92 Å². The molecule has 9 nitrogen and oxygen atoms in total. The highest BCUT2D eigenvalue weighted by Gasteiger charge is 2.36. The molecule has 1 saturated heterocycles. The number of carbonyl (C=O) groups is 1. The topological polar surface area (TPSA) is 143 Å². The van der Waals surface area contributed by atoms with Crippen molar-refractivity contribution in [1.82, 2.24) is 15.0 Å². The van der Waals surface area contributed by atoms with Crippen LogP contribution in [0, 0.1) is 5.92 Å². The van der Waals surface area contributed by atoms with E-state index in [1.165, 1.54) is 23.8 Å². The minimum atomic E-state index is -3.93. The highest BCUT2D eigenvalue weighted by molar-refractivity contribution is 7.92. The first-order valence-electron chi connectivity index (χ1n) is 13.4. The Morgan fingerprint density at radius 1 is 1.10 bits per heavy atom. The van der Waals surface area contributed by atoms with Crippen molar-refractivity contribution in [1.29, 1.82) is 0 Å². The molecule has 216 valence electrons. The van der Waals surface area contributed by atoms with Crippen molar-refractivity contribution in [3.63, 3.8) is 0 Å². The first kappa shape index (κ1) is 30.1. The van der Waals surface area contributed by atoms with Crippen LogP contribution >= 0.6 is 11.3 Å². The van der Waals surface area contributed by atoms with Gasteiger partial charge in [-0.25, -0.2) is 26.5 Å². The molecule has 3 N–H and O–H groups in total. The summed E-state index contributed by atoms with van der Waals surface area (Å²) in [6.07, 6.45) is 6.39. The van der Waals surface area contributed by atoms with Gasteiger partial charge in [0.05, 0.1) is 38.6 Å². The van der Waals surface area contributed by atoms with E-state index in [1.807, 2.05) is 0 Å². The zero-order chi connectivity index (χ0) is 28.8. The van der Waals surface area contributed by atoms with E-state index in [2.05, 4.69) is 10.0 Å². The fourth-order valence-corrected chi connectivity index (χ4v) is 9.26. The third-order valence-corrected chi connectivity index (χ3v) is 11.8. The molecule has 2 aromatic rings. The van der Waals surface area contributed by atoms with Crippen LogP contribution in [0.2, 0.25) is 0 Å². The number of benzene rings is 1. The highest BCUT2D eigenvalue weighted by atomic mass is 32.2. The van der Waals surface area contributed by atoms with E-state index in [0.717, 1.165) is 36.3 Å². The SMILES string of the molecule is CC(C)(C)NS(=O)(=O)c1ccc(-c2sc(C(=O)NC3CS(=O)(=O)C3)nc2CC2CCCCC2)cc1C(C)(C)O. The van der Waals surface area contributed by atoms with Gasteiger partial charge in [0.1, 0.15) is 0 Å². The van der Waals surface area contributed by atoms with Gasteiger partial charge >= 0.3 is 0 Å². The van der Waals surface area contributed by atoms with Crippen LogP contribution in [0.1, 0.15) is 87.8 Å². The molecule has 0 unspecified atom stereocenters. The van der Waals surface area contributed by atoms with Crippen molar-refractivity contribution < 1.29 is 26.7 Å². The predicted molar refractivity (Wildman–Crippen MR) is 153 cm³/mol. The van der Waals surface area contributed by atoms with Crippen molar-refractivity contribution in [2.45, 2.75) is 95.2 Å². The Hall–Kier alpha value is -1.86. The lowest BCUT2D eigenvalue weighted by atomic mass is 9.85. The maximum atomic E-state index is 13.2. The lowest BCUT2D eigenvalue weighted by Crippen LogP contribution is -2.52. The molecule has 1 aromatic carbocycles. The number of sulfone groups is 1. The highest BCUT2D eigenvalue weighted by Crippen LogP contribution is 2.38. The maximum absolute atomic E-state index is 13.2. The van der Waals surface area contributed by atoms with Gasteiger partial charge in [0, 0.05) is 11.1 Å². The van der Waals surface area contributed by atoms with E-state index in [9.17, 15) is 26.7 Å². The van der Waals surface area contributed by atoms with Crippen molar-refractivity contribution >= 4 is 37.1 Å². The molecule has 1 aliphatic carbocycles. The molecular formula is C27H39N3O6S3. The number of thiazole rings is 1. The molecule has 2 fully saturated rings. The third-order valence-electron chi connectivity index (χ3n) is 6.97. The van der Waals surface area contributed by atoms with Crippen LogP contribution in [0.3, 0.4) is 0 Å². The summed E-state index contributed by atoms with van der Waals surface area (Å²) in [5.74, 6) is -0.109. The predicted octanol–water partition coefficient (Wildman–Crippen LogP) is 3.76. The molecule has 1 amide bonds.